The van der Waals surface area contributed by atoms with Crippen LogP contribution in [0.15, 0.2) is 35.8 Å². The van der Waals surface area contributed by atoms with Crippen molar-refractivity contribution in [3.8, 4) is 0 Å². The normalized spacial score (nSPS) is 11.2. The average Bonchev–Trinajstić information content (AvgIpc) is 3.41. The van der Waals surface area contributed by atoms with Gasteiger partial charge in [-0.15, -0.1) is 11.3 Å². The first-order valence-corrected chi connectivity index (χ1v) is 12.2. The molecule has 0 saturated carbocycles. The monoisotopic (exact) mass is 545 g/mol. The maximum atomic E-state index is 12.9. The highest BCUT2D eigenvalue weighted by molar-refractivity contribution is 7.12. The van der Waals surface area contributed by atoms with Gasteiger partial charge in [0, 0.05) is 17.0 Å². The van der Waals surface area contributed by atoms with E-state index in [9.17, 15) is 19.2 Å². The zero-order valence-corrected chi connectivity index (χ0v) is 22.8. The first kappa shape index (κ1) is 30.0. The lowest BCUT2D eigenvalue weighted by Gasteiger charge is -2.19. The lowest BCUT2D eigenvalue weighted by molar-refractivity contribution is -0.136. The molecule has 0 aliphatic heterocycles. The van der Waals surface area contributed by atoms with E-state index in [1.165, 1.54) is 10.8 Å². The predicted molar refractivity (Wildman–Crippen MR) is 142 cm³/mol. The summed E-state index contributed by atoms with van der Waals surface area (Å²) in [6, 6.07) is 7.10. The number of ketones is 1. The number of amides is 1. The minimum atomic E-state index is -1.10. The van der Waals surface area contributed by atoms with Gasteiger partial charge in [-0.3, -0.25) is 19.6 Å². The van der Waals surface area contributed by atoms with Crippen molar-refractivity contribution in [1.29, 1.82) is 5.41 Å². The summed E-state index contributed by atoms with van der Waals surface area (Å²) >= 11 is 1.11. The van der Waals surface area contributed by atoms with E-state index in [1.807, 2.05) is 0 Å². The second kappa shape index (κ2) is 11.9. The number of aliphatic carboxylic acids is 1. The Bertz CT molecular complexity index is 1360. The van der Waals surface area contributed by atoms with Gasteiger partial charge in [0.25, 0.3) is 0 Å². The van der Waals surface area contributed by atoms with E-state index < -0.39 is 35.9 Å². The number of nitrogen functional groups attached to an aromatic ring is 1. The lowest BCUT2D eigenvalue weighted by Crippen LogP contribution is -2.35. The minimum absolute atomic E-state index is 0.198. The number of carboxylic acid groups (broad SMARTS) is 1. The van der Waals surface area contributed by atoms with Crippen molar-refractivity contribution in [2.75, 3.05) is 6.54 Å². The number of para-hydroxylation sites is 1. The van der Waals surface area contributed by atoms with E-state index in [-0.39, 0.29) is 22.3 Å². The van der Waals surface area contributed by atoms with Crippen LogP contribution in [0, 0.1) is 5.41 Å². The van der Waals surface area contributed by atoms with Gasteiger partial charge in [0.2, 0.25) is 5.78 Å². The van der Waals surface area contributed by atoms with Crippen molar-refractivity contribution in [3.63, 3.8) is 0 Å². The van der Waals surface area contributed by atoms with Gasteiger partial charge >= 0.3 is 18.2 Å². The number of alkyl carbamates (subject to hydrolysis) is 1. The molecule has 204 valence electrons. The molecule has 13 heteroatoms. The fourth-order valence-electron chi connectivity index (χ4n) is 2.90. The van der Waals surface area contributed by atoms with Gasteiger partial charge in [-0.25, -0.2) is 14.6 Å². The number of amidine groups is 1. The Morgan fingerprint density at radius 3 is 2.21 bits per heavy atom. The summed E-state index contributed by atoms with van der Waals surface area (Å²) in [6.45, 7) is 10.0. The number of aromatic nitrogens is 2. The van der Waals surface area contributed by atoms with Crippen LogP contribution in [0.2, 0.25) is 0 Å². The van der Waals surface area contributed by atoms with Crippen molar-refractivity contribution in [2.24, 2.45) is 5.73 Å². The number of carbonyl (C=O) groups is 4. The smallest absolute Gasteiger partial charge is 0.419 e. The van der Waals surface area contributed by atoms with E-state index >= 15 is 0 Å². The molecule has 38 heavy (non-hydrogen) atoms. The number of thiazole rings is 1. The SMILES string of the molecule is CC(C)(C)OC(=O)NCC(=O)O.CC(C)(C)OC(=O)n1cc(C(=O)c2nc(C(=N)N)cs2)c2ccccc21. The summed E-state index contributed by atoms with van der Waals surface area (Å²) < 4.78 is 11.5. The number of ether oxygens (including phenoxy) is 2. The molecular weight excluding hydrogens is 514 g/mol. The minimum Gasteiger partial charge on any atom is -0.480 e. The highest BCUT2D eigenvalue weighted by Crippen LogP contribution is 2.26. The Morgan fingerprint density at radius 2 is 1.68 bits per heavy atom. The van der Waals surface area contributed by atoms with E-state index in [0.717, 1.165) is 11.3 Å². The topological polar surface area (TPSA) is 187 Å². The van der Waals surface area contributed by atoms with Crippen LogP contribution in [-0.2, 0) is 14.3 Å². The maximum absolute atomic E-state index is 12.9. The molecule has 0 bridgehead atoms. The molecule has 0 aliphatic rings. The average molecular weight is 546 g/mol. The fraction of sp³-hybridized carbons (Fsp3) is 0.360. The van der Waals surface area contributed by atoms with Crippen LogP contribution in [0.4, 0.5) is 9.59 Å². The molecule has 2 heterocycles. The third kappa shape index (κ3) is 8.69. The molecule has 0 unspecified atom stereocenters. The molecule has 0 atom stereocenters. The molecule has 2 aromatic heterocycles. The molecule has 12 nitrogen and oxygen atoms in total. The Kier molecular flexibility index (Phi) is 9.35. The number of carboxylic acids is 1. The third-order valence-electron chi connectivity index (χ3n) is 4.30. The van der Waals surface area contributed by atoms with Gasteiger partial charge in [0.05, 0.1) is 11.1 Å². The van der Waals surface area contributed by atoms with Crippen LogP contribution in [0.3, 0.4) is 0 Å². The van der Waals surface area contributed by atoms with Gasteiger partial charge < -0.3 is 25.6 Å². The summed E-state index contributed by atoms with van der Waals surface area (Å²) in [7, 11) is 0. The quantitative estimate of drug-likeness (QED) is 0.209. The first-order chi connectivity index (χ1) is 17.5. The predicted octanol–water partition coefficient (Wildman–Crippen LogP) is 3.99. The van der Waals surface area contributed by atoms with Crippen molar-refractivity contribution < 1.29 is 33.8 Å². The second-order valence-electron chi connectivity index (χ2n) is 9.94. The largest absolute Gasteiger partial charge is 0.480 e. The van der Waals surface area contributed by atoms with Crippen molar-refractivity contribution in [1.82, 2.24) is 14.9 Å². The molecule has 0 saturated heterocycles. The van der Waals surface area contributed by atoms with Crippen LogP contribution in [-0.4, -0.2) is 62.2 Å². The van der Waals surface area contributed by atoms with Gasteiger partial charge in [-0.05, 0) is 47.6 Å². The van der Waals surface area contributed by atoms with E-state index in [1.54, 1.807) is 71.2 Å². The zero-order valence-electron chi connectivity index (χ0n) is 21.9. The molecule has 5 N–H and O–H groups in total. The van der Waals surface area contributed by atoms with Gasteiger partial charge in [-0.1, -0.05) is 18.2 Å². The molecule has 3 aromatic rings. The standard InChI is InChI=1S/C18H18N4O3S.C7H13NO4/c1-18(2,3)25-17(24)22-8-11(10-6-4-5-7-13(10)22)14(23)16-21-12(9-26-16)15(19)20;1-7(2,3)12-6(11)8-4-5(9)10/h4-9H,1-3H3,(H3,19,20);4H2,1-3H3,(H,8,11)(H,9,10). The fourth-order valence-corrected chi connectivity index (χ4v) is 3.67. The molecular formula is C25H31N5O7S. The van der Waals surface area contributed by atoms with Crippen LogP contribution in [0.5, 0.6) is 0 Å². The third-order valence-corrected chi connectivity index (χ3v) is 5.15. The Morgan fingerprint density at radius 1 is 1.08 bits per heavy atom. The number of nitrogens with one attached hydrogen (secondary N) is 2. The van der Waals surface area contributed by atoms with Gasteiger partial charge in [-0.2, -0.15) is 0 Å². The Hall–Kier alpha value is -4.26. The molecule has 1 aromatic carbocycles. The molecule has 0 fully saturated rings. The summed E-state index contributed by atoms with van der Waals surface area (Å²) in [5, 5.41) is 20.1. The van der Waals surface area contributed by atoms with Gasteiger partial charge in [0.15, 0.2) is 5.01 Å². The first-order valence-electron chi connectivity index (χ1n) is 11.3. The lowest BCUT2D eigenvalue weighted by atomic mass is 10.1. The van der Waals surface area contributed by atoms with Crippen molar-refractivity contribution in [2.45, 2.75) is 52.7 Å². The number of hydrogen-bond acceptors (Lipinski definition) is 9. The second-order valence-corrected chi connectivity index (χ2v) is 10.8. The van der Waals surface area contributed by atoms with Crippen LogP contribution in [0.1, 0.15) is 62.6 Å². The molecule has 1 amide bonds. The Labute approximate surface area is 223 Å². The highest BCUT2D eigenvalue weighted by atomic mass is 32.1. The van der Waals surface area contributed by atoms with Crippen molar-refractivity contribution in [3.05, 3.63) is 52.1 Å². The number of nitrogens with zero attached hydrogens (tertiary/aromatic N) is 2. The molecule has 0 spiro atoms. The molecule has 0 radical (unpaired) electrons. The van der Waals surface area contributed by atoms with Gasteiger partial charge in [0.1, 0.15) is 29.3 Å². The number of benzene rings is 1. The summed E-state index contributed by atoms with van der Waals surface area (Å²) in [5.41, 5.74) is 5.34. The van der Waals surface area contributed by atoms with Crippen molar-refractivity contribution >= 4 is 52.0 Å². The number of fused-ring (bicyclic) bond motifs is 1. The Balaban J connectivity index is 0.000000358. The maximum Gasteiger partial charge on any atom is 0.419 e. The summed E-state index contributed by atoms with van der Waals surface area (Å²) in [4.78, 5) is 50.3. The van der Waals surface area contributed by atoms with E-state index in [4.69, 9.17) is 25.7 Å². The summed E-state index contributed by atoms with van der Waals surface area (Å²) in [6.07, 6.45) is 0.192. The zero-order chi connectivity index (χ0) is 28.8. The van der Waals surface area contributed by atoms with E-state index in [2.05, 4.69) is 10.3 Å². The number of rotatable bonds is 5. The highest BCUT2D eigenvalue weighted by Gasteiger charge is 2.24. The molecule has 0 aliphatic carbocycles. The number of nitrogens with two attached hydrogens (primary N) is 1. The molecule has 3 rings (SSSR count). The number of hydrogen-bond donors (Lipinski definition) is 4. The number of carbonyl (C=O) groups excluding carboxylic acids is 3. The van der Waals surface area contributed by atoms with E-state index in [0.29, 0.717) is 16.5 Å². The summed E-state index contributed by atoms with van der Waals surface area (Å²) in [5.74, 6) is -1.63. The van der Waals surface area contributed by atoms with Crippen LogP contribution >= 0.6 is 11.3 Å². The van der Waals surface area contributed by atoms with Crippen LogP contribution in [0.25, 0.3) is 10.9 Å². The van der Waals surface area contributed by atoms with Crippen LogP contribution < -0.4 is 11.1 Å².